The van der Waals surface area contributed by atoms with Gasteiger partial charge < -0.3 is 42.0 Å². The zero-order valence-corrected chi connectivity index (χ0v) is 20.2. The van der Waals surface area contributed by atoms with Gasteiger partial charge in [0.1, 0.15) is 18.1 Å². The Morgan fingerprint density at radius 1 is 1.00 bits per heavy atom. The van der Waals surface area contributed by atoms with E-state index in [9.17, 15) is 29.1 Å². The van der Waals surface area contributed by atoms with E-state index in [-0.39, 0.29) is 12.2 Å². The third kappa shape index (κ3) is 7.69. The van der Waals surface area contributed by atoms with Gasteiger partial charge in [-0.15, -0.1) is 0 Å². The molecule has 0 saturated heterocycles. The average Bonchev–Trinajstić information content (AvgIpc) is 3.22. The number of fused-ring (bicyclic) bond motifs is 1. The predicted molar refractivity (Wildman–Crippen MR) is 131 cm³/mol. The SMILES string of the molecule is CC(O)C(NC(=O)C(Cc1c[nH]c2ccccc12)NC(=O)C(N)CC(=O)O)C(=O)NC(CS)C(=O)O. The molecule has 13 nitrogen and oxygen atoms in total. The molecule has 0 saturated carbocycles. The van der Waals surface area contributed by atoms with Gasteiger partial charge in [0.2, 0.25) is 17.7 Å². The van der Waals surface area contributed by atoms with E-state index in [0.717, 1.165) is 10.9 Å². The molecule has 0 aliphatic rings. The van der Waals surface area contributed by atoms with Gasteiger partial charge in [-0.05, 0) is 18.6 Å². The molecule has 3 amide bonds. The number of carbonyl (C=O) groups is 5. The largest absolute Gasteiger partial charge is 0.481 e. The topological polar surface area (TPSA) is 224 Å². The minimum absolute atomic E-state index is 0.0656. The number of aliphatic carboxylic acids is 2. The van der Waals surface area contributed by atoms with Crippen LogP contribution in [0.15, 0.2) is 30.5 Å². The Hall–Kier alpha value is -3.62. The van der Waals surface area contributed by atoms with Crippen molar-refractivity contribution in [3.8, 4) is 0 Å². The lowest BCUT2D eigenvalue weighted by molar-refractivity contribution is -0.142. The molecule has 2 rings (SSSR count). The summed E-state index contributed by atoms with van der Waals surface area (Å²) in [7, 11) is 0. The Balaban J connectivity index is 2.28. The number of aliphatic hydroxyl groups is 1. The summed E-state index contributed by atoms with van der Waals surface area (Å²) in [5.74, 6) is -5.66. The first-order valence-corrected chi connectivity index (χ1v) is 11.5. The molecule has 5 atom stereocenters. The van der Waals surface area contributed by atoms with E-state index < -0.39 is 66.4 Å². The maximum Gasteiger partial charge on any atom is 0.327 e. The fourth-order valence-electron chi connectivity index (χ4n) is 3.40. The first kappa shape index (κ1) is 28.6. The second kappa shape index (κ2) is 12.9. The van der Waals surface area contributed by atoms with Crippen molar-refractivity contribution >= 4 is 53.2 Å². The molecule has 5 unspecified atom stereocenters. The van der Waals surface area contributed by atoms with Gasteiger partial charge >= 0.3 is 11.9 Å². The molecule has 1 aromatic carbocycles. The van der Waals surface area contributed by atoms with Crippen molar-refractivity contribution < 1.29 is 39.3 Å². The van der Waals surface area contributed by atoms with Crippen LogP contribution in [0.3, 0.4) is 0 Å². The van der Waals surface area contributed by atoms with E-state index in [0.29, 0.717) is 5.56 Å². The summed E-state index contributed by atoms with van der Waals surface area (Å²) in [6.45, 7) is 1.22. The number of rotatable bonds is 13. The van der Waals surface area contributed by atoms with Gasteiger partial charge in [-0.3, -0.25) is 19.2 Å². The van der Waals surface area contributed by atoms with Gasteiger partial charge in [0.05, 0.1) is 18.6 Å². The number of carboxylic acid groups (broad SMARTS) is 2. The molecule has 0 fully saturated rings. The third-order valence-electron chi connectivity index (χ3n) is 5.32. The van der Waals surface area contributed by atoms with E-state index in [4.69, 9.17) is 15.9 Å². The van der Waals surface area contributed by atoms with Crippen molar-refractivity contribution in [3.63, 3.8) is 0 Å². The van der Waals surface area contributed by atoms with Crippen LogP contribution in [-0.2, 0) is 30.4 Å². The molecule has 2 aromatic rings. The van der Waals surface area contributed by atoms with Crippen molar-refractivity contribution in [2.24, 2.45) is 5.73 Å². The number of carbonyl (C=O) groups excluding carboxylic acids is 3. The lowest BCUT2D eigenvalue weighted by Gasteiger charge is -2.26. The van der Waals surface area contributed by atoms with Crippen molar-refractivity contribution in [1.82, 2.24) is 20.9 Å². The molecule has 1 heterocycles. The second-order valence-electron chi connectivity index (χ2n) is 8.14. The molecule has 36 heavy (non-hydrogen) atoms. The smallest absolute Gasteiger partial charge is 0.327 e. The number of hydrogen-bond acceptors (Lipinski definition) is 8. The molecule has 0 aliphatic heterocycles. The number of benzene rings is 1. The number of aliphatic hydroxyl groups excluding tert-OH is 1. The second-order valence-corrected chi connectivity index (χ2v) is 8.50. The van der Waals surface area contributed by atoms with Crippen LogP contribution in [0.2, 0.25) is 0 Å². The highest BCUT2D eigenvalue weighted by atomic mass is 32.1. The monoisotopic (exact) mass is 523 g/mol. The maximum absolute atomic E-state index is 13.2. The number of hydrogen-bond donors (Lipinski definition) is 9. The van der Waals surface area contributed by atoms with E-state index in [1.54, 1.807) is 24.4 Å². The van der Waals surface area contributed by atoms with Crippen LogP contribution in [0.4, 0.5) is 0 Å². The van der Waals surface area contributed by atoms with Crippen LogP contribution < -0.4 is 21.7 Å². The van der Waals surface area contributed by atoms with E-state index in [2.05, 4.69) is 33.6 Å². The molecule has 9 N–H and O–H groups in total. The highest BCUT2D eigenvalue weighted by Crippen LogP contribution is 2.19. The molecular weight excluding hydrogens is 494 g/mol. The Morgan fingerprint density at radius 3 is 2.22 bits per heavy atom. The van der Waals surface area contributed by atoms with Crippen molar-refractivity contribution in [1.29, 1.82) is 0 Å². The Bertz CT molecular complexity index is 1120. The molecule has 14 heteroatoms. The molecule has 0 aliphatic carbocycles. The predicted octanol–water partition coefficient (Wildman–Crippen LogP) is -1.64. The number of aromatic amines is 1. The summed E-state index contributed by atoms with van der Waals surface area (Å²) in [6, 6.07) is 1.51. The lowest BCUT2D eigenvalue weighted by atomic mass is 10.0. The van der Waals surface area contributed by atoms with Gasteiger partial charge in [0.25, 0.3) is 0 Å². The van der Waals surface area contributed by atoms with Crippen LogP contribution in [0, 0.1) is 0 Å². The van der Waals surface area contributed by atoms with Gasteiger partial charge in [0, 0.05) is 29.3 Å². The number of aromatic nitrogens is 1. The fraction of sp³-hybridized carbons (Fsp3) is 0.409. The van der Waals surface area contributed by atoms with E-state index >= 15 is 0 Å². The van der Waals surface area contributed by atoms with Crippen LogP contribution in [0.1, 0.15) is 18.9 Å². The van der Waals surface area contributed by atoms with Gasteiger partial charge in [-0.2, -0.15) is 12.6 Å². The molecule has 0 radical (unpaired) electrons. The first-order valence-electron chi connectivity index (χ1n) is 10.9. The molecular formula is C22H29N5O8S. The lowest BCUT2D eigenvalue weighted by Crippen LogP contribution is -2.60. The number of carboxylic acids is 2. The van der Waals surface area contributed by atoms with Crippen molar-refractivity contribution in [3.05, 3.63) is 36.0 Å². The van der Waals surface area contributed by atoms with E-state index in [1.165, 1.54) is 6.92 Å². The summed E-state index contributed by atoms with van der Waals surface area (Å²) in [5, 5.41) is 35.8. The van der Waals surface area contributed by atoms with E-state index in [1.807, 2.05) is 6.07 Å². The normalized spacial score (nSPS) is 15.2. The van der Waals surface area contributed by atoms with Crippen LogP contribution >= 0.6 is 12.6 Å². The summed E-state index contributed by atoms with van der Waals surface area (Å²) in [5.41, 5.74) is 7.04. The van der Waals surface area contributed by atoms with Crippen LogP contribution in [0.5, 0.6) is 0 Å². The Morgan fingerprint density at radius 2 is 1.64 bits per heavy atom. The number of para-hydroxylation sites is 1. The number of H-pyrrole nitrogens is 1. The third-order valence-corrected chi connectivity index (χ3v) is 5.69. The Labute approximate surface area is 211 Å². The number of amides is 3. The Kier molecular flexibility index (Phi) is 10.3. The highest BCUT2D eigenvalue weighted by Gasteiger charge is 2.33. The van der Waals surface area contributed by atoms with Gasteiger partial charge in [-0.1, -0.05) is 18.2 Å². The minimum atomic E-state index is -1.56. The molecule has 1 aromatic heterocycles. The molecule has 0 spiro atoms. The van der Waals surface area contributed by atoms with Crippen LogP contribution in [0.25, 0.3) is 10.9 Å². The minimum Gasteiger partial charge on any atom is -0.481 e. The van der Waals surface area contributed by atoms with Crippen molar-refractivity contribution in [2.45, 2.75) is 50.0 Å². The fourth-order valence-corrected chi connectivity index (χ4v) is 3.64. The summed E-state index contributed by atoms with van der Waals surface area (Å²) in [6.07, 6.45) is -0.532. The highest BCUT2D eigenvalue weighted by molar-refractivity contribution is 7.80. The summed E-state index contributed by atoms with van der Waals surface area (Å²) in [4.78, 5) is 63.5. The zero-order chi connectivity index (χ0) is 27.0. The zero-order valence-electron chi connectivity index (χ0n) is 19.3. The quantitative estimate of drug-likeness (QED) is 0.137. The van der Waals surface area contributed by atoms with Gasteiger partial charge in [0.15, 0.2) is 0 Å². The average molecular weight is 524 g/mol. The molecule has 0 bridgehead atoms. The number of nitrogens with two attached hydrogens (primary N) is 1. The van der Waals surface area contributed by atoms with Gasteiger partial charge in [-0.25, -0.2) is 4.79 Å². The first-order chi connectivity index (χ1) is 16.9. The van der Waals surface area contributed by atoms with Crippen molar-refractivity contribution in [2.75, 3.05) is 5.75 Å². The maximum atomic E-state index is 13.2. The number of thiol groups is 1. The summed E-state index contributed by atoms with van der Waals surface area (Å²) < 4.78 is 0. The molecule has 196 valence electrons. The number of nitrogens with one attached hydrogen (secondary N) is 4. The summed E-state index contributed by atoms with van der Waals surface area (Å²) >= 11 is 3.86. The van der Waals surface area contributed by atoms with Crippen LogP contribution in [-0.4, -0.2) is 86.0 Å². The standard InChI is InChI=1S/C22H29N5O8S/c1-10(28)18(21(33)26-16(9-36)22(34)35)27-20(32)15(25-19(31)13(23)7-17(29)30)6-11-8-24-14-5-3-2-4-12(11)14/h2-5,8,10,13,15-16,18,24,28,36H,6-7,9,23H2,1H3,(H,25,31)(H,26,33)(H,27,32)(H,29,30)(H,34,35).